The lowest BCUT2D eigenvalue weighted by Crippen LogP contribution is -2.01. The Morgan fingerprint density at radius 1 is 0.396 bits per heavy atom. The van der Waals surface area contributed by atoms with Crippen LogP contribution in [0.4, 0.5) is 0 Å². The maximum atomic E-state index is 5.18. The molecule has 248 valence electrons. The topological polar surface area (TPSA) is 56.5 Å². The van der Waals surface area contributed by atoms with Crippen molar-refractivity contribution < 1.29 is 0 Å². The molecular formula is C46H27N5S2. The minimum absolute atomic E-state index is 0.636. The Balaban J connectivity index is 1.05. The van der Waals surface area contributed by atoms with Crippen LogP contribution in [0.1, 0.15) is 0 Å². The summed E-state index contributed by atoms with van der Waals surface area (Å²) in [5.41, 5.74) is 8.47. The van der Waals surface area contributed by atoms with Gasteiger partial charge in [-0.1, -0.05) is 103 Å². The van der Waals surface area contributed by atoms with Gasteiger partial charge in [-0.15, -0.1) is 22.7 Å². The molecule has 0 radical (unpaired) electrons. The number of rotatable bonds is 5. The van der Waals surface area contributed by atoms with E-state index < -0.39 is 0 Å². The van der Waals surface area contributed by atoms with Crippen molar-refractivity contribution in [3.63, 3.8) is 0 Å². The van der Waals surface area contributed by atoms with Gasteiger partial charge < -0.3 is 4.57 Å². The zero-order chi connectivity index (χ0) is 34.9. The molecule has 5 nitrogen and oxygen atoms in total. The van der Waals surface area contributed by atoms with Crippen LogP contribution in [0.3, 0.4) is 0 Å². The first-order valence-corrected chi connectivity index (χ1v) is 19.1. The molecule has 0 aliphatic rings. The summed E-state index contributed by atoms with van der Waals surface area (Å²) >= 11 is 3.52. The van der Waals surface area contributed by atoms with E-state index in [0.717, 1.165) is 43.9 Å². The molecule has 4 aromatic heterocycles. The molecule has 0 atom stereocenters. The van der Waals surface area contributed by atoms with E-state index in [4.69, 9.17) is 19.9 Å². The van der Waals surface area contributed by atoms with Crippen molar-refractivity contribution in [3.8, 4) is 50.4 Å². The highest BCUT2D eigenvalue weighted by Crippen LogP contribution is 2.42. The predicted octanol–water partition coefficient (Wildman–Crippen LogP) is 12.6. The number of benzene rings is 7. The fraction of sp³-hybridized carbons (Fsp3) is 0. The zero-order valence-electron chi connectivity index (χ0n) is 28.1. The van der Waals surface area contributed by atoms with E-state index in [9.17, 15) is 0 Å². The summed E-state index contributed by atoms with van der Waals surface area (Å²) in [4.78, 5) is 20.3. The fourth-order valence-corrected chi connectivity index (χ4v) is 9.58. The quantitative estimate of drug-likeness (QED) is 0.178. The van der Waals surface area contributed by atoms with Gasteiger partial charge in [0.2, 0.25) is 0 Å². The van der Waals surface area contributed by atoms with Crippen LogP contribution in [0.2, 0.25) is 0 Å². The van der Waals surface area contributed by atoms with E-state index in [-0.39, 0.29) is 0 Å². The van der Waals surface area contributed by atoms with Gasteiger partial charge in [0.15, 0.2) is 17.5 Å². The second-order valence-corrected chi connectivity index (χ2v) is 15.2. The van der Waals surface area contributed by atoms with Crippen molar-refractivity contribution in [1.29, 1.82) is 0 Å². The highest BCUT2D eigenvalue weighted by Gasteiger charge is 2.18. The molecule has 0 N–H and O–H groups in total. The fourth-order valence-electron chi connectivity index (χ4n) is 7.44. The third kappa shape index (κ3) is 4.97. The zero-order valence-corrected chi connectivity index (χ0v) is 29.8. The lowest BCUT2D eigenvalue weighted by molar-refractivity contribution is 1.07. The Morgan fingerprint density at radius 3 is 1.77 bits per heavy atom. The molecule has 0 unspecified atom stereocenters. The highest BCUT2D eigenvalue weighted by atomic mass is 32.1. The molecule has 11 rings (SSSR count). The van der Waals surface area contributed by atoms with Crippen molar-refractivity contribution in [1.82, 2.24) is 24.5 Å². The van der Waals surface area contributed by atoms with E-state index >= 15 is 0 Å². The summed E-state index contributed by atoms with van der Waals surface area (Å²) in [5.74, 6) is 1.94. The molecule has 7 heteroatoms. The number of thiophene rings is 1. The van der Waals surface area contributed by atoms with Gasteiger partial charge >= 0.3 is 0 Å². The molecule has 0 fully saturated rings. The van der Waals surface area contributed by atoms with Gasteiger partial charge in [-0.2, -0.15) is 0 Å². The van der Waals surface area contributed by atoms with Gasteiger partial charge in [0.05, 0.1) is 21.3 Å². The van der Waals surface area contributed by atoms with Crippen LogP contribution in [0.15, 0.2) is 164 Å². The van der Waals surface area contributed by atoms with Gasteiger partial charge in [0.25, 0.3) is 0 Å². The maximum absolute atomic E-state index is 5.18. The van der Waals surface area contributed by atoms with Gasteiger partial charge in [0.1, 0.15) is 5.01 Å². The SMILES string of the molecule is c1ccc(-c2nc(-c3ccc(-n4c5ccccc5c5ccccc54)cc3)nc(-c3cccc4sc5cc(-c6nc7ccccc7s6)ccc5c34)n2)cc1. The number of aromatic nitrogens is 5. The average Bonchev–Trinajstić information content (AvgIpc) is 3.93. The van der Waals surface area contributed by atoms with Crippen LogP contribution >= 0.6 is 22.7 Å². The highest BCUT2D eigenvalue weighted by molar-refractivity contribution is 7.26. The second-order valence-electron chi connectivity index (χ2n) is 13.1. The van der Waals surface area contributed by atoms with Gasteiger partial charge in [-0.3, -0.25) is 0 Å². The molecule has 0 bridgehead atoms. The van der Waals surface area contributed by atoms with Gasteiger partial charge in [-0.25, -0.2) is 19.9 Å². The van der Waals surface area contributed by atoms with Crippen molar-refractivity contribution in [2.45, 2.75) is 0 Å². The molecular weight excluding hydrogens is 687 g/mol. The Morgan fingerprint density at radius 2 is 1.02 bits per heavy atom. The van der Waals surface area contributed by atoms with E-state index in [1.54, 1.807) is 22.7 Å². The molecule has 0 spiro atoms. The predicted molar refractivity (Wildman–Crippen MR) is 222 cm³/mol. The van der Waals surface area contributed by atoms with Crippen LogP contribution in [-0.2, 0) is 0 Å². The van der Waals surface area contributed by atoms with Crippen LogP contribution in [0, 0.1) is 0 Å². The Hall–Kier alpha value is -6.54. The van der Waals surface area contributed by atoms with E-state index in [1.807, 2.05) is 24.3 Å². The molecule has 0 amide bonds. The monoisotopic (exact) mass is 713 g/mol. The minimum atomic E-state index is 0.636. The Kier molecular flexibility index (Phi) is 6.83. The largest absolute Gasteiger partial charge is 0.309 e. The van der Waals surface area contributed by atoms with Crippen molar-refractivity contribution in [2.24, 2.45) is 0 Å². The van der Waals surface area contributed by atoms with Crippen molar-refractivity contribution in [3.05, 3.63) is 164 Å². The normalized spacial score (nSPS) is 11.8. The number of fused-ring (bicyclic) bond motifs is 7. The van der Waals surface area contributed by atoms with Crippen LogP contribution < -0.4 is 0 Å². The molecule has 0 saturated heterocycles. The summed E-state index contributed by atoms with van der Waals surface area (Å²) in [7, 11) is 0. The number of hydrogen-bond donors (Lipinski definition) is 0. The molecule has 0 aliphatic carbocycles. The molecule has 7 aromatic carbocycles. The first-order chi connectivity index (χ1) is 26.2. The molecule has 11 aromatic rings. The second kappa shape index (κ2) is 12.0. The van der Waals surface area contributed by atoms with Crippen LogP contribution in [0.5, 0.6) is 0 Å². The summed E-state index contributed by atoms with van der Waals surface area (Å²) < 4.78 is 5.93. The first-order valence-electron chi connectivity index (χ1n) is 17.5. The molecule has 0 saturated carbocycles. The lowest BCUT2D eigenvalue weighted by atomic mass is 10.0. The first kappa shape index (κ1) is 30.1. The van der Waals surface area contributed by atoms with Crippen molar-refractivity contribution >= 4 is 74.9 Å². The van der Waals surface area contributed by atoms with Crippen LogP contribution in [-0.4, -0.2) is 24.5 Å². The minimum Gasteiger partial charge on any atom is -0.309 e. The van der Waals surface area contributed by atoms with Gasteiger partial charge in [-0.05, 0) is 60.7 Å². The number of thiazole rings is 1. The summed E-state index contributed by atoms with van der Waals surface area (Å²) in [5, 5.41) is 5.85. The average molecular weight is 714 g/mol. The van der Waals surface area contributed by atoms with Crippen molar-refractivity contribution in [2.75, 3.05) is 0 Å². The molecule has 0 aliphatic heterocycles. The lowest BCUT2D eigenvalue weighted by Gasteiger charge is -2.11. The third-order valence-electron chi connectivity index (χ3n) is 9.91. The molecule has 4 heterocycles. The van der Waals surface area contributed by atoms with E-state index in [2.05, 4.69) is 144 Å². The van der Waals surface area contributed by atoms with E-state index in [1.165, 1.54) is 41.3 Å². The summed E-state index contributed by atoms with van der Waals surface area (Å²) in [6.45, 7) is 0. The smallest absolute Gasteiger partial charge is 0.164 e. The maximum Gasteiger partial charge on any atom is 0.164 e. The van der Waals surface area contributed by atoms with Gasteiger partial charge in [0, 0.05) is 58.9 Å². The third-order valence-corrected chi connectivity index (χ3v) is 12.1. The summed E-state index contributed by atoms with van der Waals surface area (Å²) in [6.07, 6.45) is 0. The summed E-state index contributed by atoms with van der Waals surface area (Å²) in [6, 6.07) is 57.3. The Labute approximate surface area is 312 Å². The van der Waals surface area contributed by atoms with E-state index in [0.29, 0.717) is 17.5 Å². The number of nitrogens with zero attached hydrogens (tertiary/aromatic N) is 5. The molecule has 53 heavy (non-hydrogen) atoms. The number of hydrogen-bond acceptors (Lipinski definition) is 6. The standard InChI is InChI=1S/C46H27N5S2/c1-2-11-28(12-3-1)43-48-44(29-21-24-31(25-22-29)51-37-17-7-4-13-32(37)33-14-5-8-18-38(33)51)50-45(49-43)35-15-10-20-40-42(35)34-26-23-30(27-41(34)52-40)46-47-36-16-6-9-19-39(36)53-46/h1-27H. The number of para-hydroxylation sites is 3. The Bertz CT molecular complexity index is 3090. The van der Waals surface area contributed by atoms with Crippen LogP contribution in [0.25, 0.3) is 103 Å².